The van der Waals surface area contributed by atoms with Crippen molar-refractivity contribution in [1.29, 1.82) is 10.5 Å². The highest BCUT2D eigenvalue weighted by Crippen LogP contribution is 2.52. The smallest absolute Gasteiger partial charge is 0.103 e. The number of hydrogen-bond donors (Lipinski definition) is 0. The van der Waals surface area contributed by atoms with Crippen LogP contribution in [0.5, 0.6) is 0 Å². The van der Waals surface area contributed by atoms with Gasteiger partial charge in [-0.1, -0.05) is 206 Å². The van der Waals surface area contributed by atoms with Crippen molar-refractivity contribution in [1.82, 2.24) is 18.3 Å². The van der Waals surface area contributed by atoms with Crippen LogP contribution in [0.4, 0.5) is 0 Å². The number of thiophene rings is 1. The Hall–Kier alpha value is -11.2. The van der Waals surface area contributed by atoms with E-state index in [4.69, 9.17) is 0 Å². The first-order chi connectivity index (χ1) is 41.2. The molecular formula is C76H42N6S. The number of nitrogens with zero attached hydrogens (tertiary/aromatic N) is 6. The van der Waals surface area contributed by atoms with Gasteiger partial charge in [0.2, 0.25) is 0 Å². The molecule has 0 N–H and O–H groups in total. The predicted octanol–water partition coefficient (Wildman–Crippen LogP) is 20.2. The van der Waals surface area contributed by atoms with Crippen LogP contribution in [0.2, 0.25) is 0 Å². The lowest BCUT2D eigenvalue weighted by Gasteiger charge is -2.28. The van der Waals surface area contributed by atoms with Gasteiger partial charge in [-0.3, -0.25) is 0 Å². The summed E-state index contributed by atoms with van der Waals surface area (Å²) >= 11 is 1.78. The van der Waals surface area contributed by atoms with Gasteiger partial charge in [-0.05, 0) is 81.2 Å². The molecule has 6 nitrogen and oxygen atoms in total. The topological polar surface area (TPSA) is 67.3 Å². The van der Waals surface area contributed by atoms with Crippen LogP contribution in [0, 0.1) is 22.7 Å². The lowest BCUT2D eigenvalue weighted by molar-refractivity contribution is 1.01. The molecule has 0 unspecified atom stereocenters. The molecule has 13 aromatic carbocycles. The maximum absolute atomic E-state index is 12.7. The zero-order valence-corrected chi connectivity index (χ0v) is 45.2. The number of rotatable bonds is 5. The molecule has 0 saturated carbocycles. The summed E-state index contributed by atoms with van der Waals surface area (Å²) in [4.78, 5) is 0. The van der Waals surface area contributed by atoms with Gasteiger partial charge >= 0.3 is 0 Å². The van der Waals surface area contributed by atoms with E-state index in [1.165, 1.54) is 26.2 Å². The Morgan fingerprint density at radius 2 is 0.687 bits per heavy atom. The fourth-order valence-corrected chi connectivity index (χ4v) is 15.5. The maximum Gasteiger partial charge on any atom is 0.103 e. The lowest BCUT2D eigenvalue weighted by Crippen LogP contribution is -2.17. The zero-order valence-electron chi connectivity index (χ0n) is 44.3. The summed E-state index contributed by atoms with van der Waals surface area (Å²) in [5.41, 5.74) is 13.1. The Kier molecular flexibility index (Phi) is 9.42. The molecule has 18 aromatic rings. The summed E-state index contributed by atoms with van der Waals surface area (Å²) in [7, 11) is 0. The van der Waals surface area contributed by atoms with E-state index >= 15 is 0 Å². The van der Waals surface area contributed by atoms with Crippen molar-refractivity contribution in [3.63, 3.8) is 0 Å². The van der Waals surface area contributed by atoms with Crippen molar-refractivity contribution in [2.45, 2.75) is 0 Å². The van der Waals surface area contributed by atoms with Crippen molar-refractivity contribution in [2.75, 3.05) is 0 Å². The average Bonchev–Trinajstić information content (AvgIpc) is 2.49. The molecule has 0 aliphatic heterocycles. The zero-order chi connectivity index (χ0) is 54.6. The van der Waals surface area contributed by atoms with E-state index in [2.05, 4.69) is 285 Å². The van der Waals surface area contributed by atoms with Gasteiger partial charge in [0.25, 0.3) is 0 Å². The van der Waals surface area contributed by atoms with Crippen LogP contribution in [-0.4, -0.2) is 18.3 Å². The SMILES string of the molecule is N#Cc1c(C#N)c(-n2c3cc(-c4cccc5ccc6ccccc6c45)ccc3c3ccc4c5ccccc5sc4c32)c(-n2c3ccccc3c3ccccc32)c(-n2c3ccccc3c3ccccc32)c1-n1c2ccccc2c2ccccc21. The molecule has 0 atom stereocenters. The molecule has 0 bridgehead atoms. The Morgan fingerprint density at radius 1 is 0.289 bits per heavy atom. The standard InChI is InChI=1S/C76H42N6S/c77-43-60-61(44-78)72(82-68-42-47(49-28-17-19-46-37-36-45-18-1-2-20-48(45)70(46)49)38-39-56(68)58-40-41-59-57-27-9-16-35-69(57)83-76(59)73(58)82)75(81-66-33-14-7-25-54(66)55-26-8-15-34-67(55)81)74(80-64-31-12-5-23-52(64)53-24-6-13-32-65(53)80)71(60)79-62-29-10-3-21-50(62)51-22-4-11-30-63(51)79/h1-42H. The van der Waals surface area contributed by atoms with E-state index in [9.17, 15) is 10.5 Å². The Morgan fingerprint density at radius 3 is 1.22 bits per heavy atom. The van der Waals surface area contributed by atoms with Crippen LogP contribution < -0.4 is 0 Å². The van der Waals surface area contributed by atoms with Crippen LogP contribution in [0.15, 0.2) is 255 Å². The fraction of sp³-hybridized carbons (Fsp3) is 0. The summed E-state index contributed by atoms with van der Waals surface area (Å²) in [6.07, 6.45) is 0. The van der Waals surface area contributed by atoms with E-state index in [0.29, 0.717) is 11.4 Å². The molecule has 0 fully saturated rings. The van der Waals surface area contributed by atoms with Crippen LogP contribution in [0.25, 0.3) is 163 Å². The third kappa shape index (κ3) is 6.13. The molecule has 0 aliphatic carbocycles. The van der Waals surface area contributed by atoms with Gasteiger partial charge in [0, 0.05) is 58.6 Å². The Bertz CT molecular complexity index is 5820. The highest BCUT2D eigenvalue weighted by atomic mass is 32.1. The summed E-state index contributed by atoms with van der Waals surface area (Å²) < 4.78 is 11.7. The van der Waals surface area contributed by atoms with Crippen LogP contribution in [0.3, 0.4) is 0 Å². The quantitative estimate of drug-likeness (QED) is 0.161. The Labute approximate surface area is 478 Å². The summed E-state index contributed by atoms with van der Waals surface area (Å²) in [5.74, 6) is 0. The normalized spacial score (nSPS) is 12.1. The largest absolute Gasteiger partial charge is 0.306 e. The first-order valence-electron chi connectivity index (χ1n) is 28.0. The second kappa shape index (κ2) is 17.1. The highest BCUT2D eigenvalue weighted by Gasteiger charge is 2.35. The van der Waals surface area contributed by atoms with E-state index in [1.54, 1.807) is 11.3 Å². The molecule has 18 rings (SSSR count). The average molecular weight is 1070 g/mol. The first kappa shape index (κ1) is 45.6. The molecule has 5 aromatic heterocycles. The lowest BCUT2D eigenvalue weighted by atomic mass is 9.93. The van der Waals surface area contributed by atoms with E-state index in [0.717, 1.165) is 125 Å². The molecule has 0 aliphatic rings. The molecule has 83 heavy (non-hydrogen) atoms. The minimum atomic E-state index is 0.268. The van der Waals surface area contributed by atoms with Crippen molar-refractivity contribution in [2.24, 2.45) is 0 Å². The van der Waals surface area contributed by atoms with Gasteiger partial charge in [-0.2, -0.15) is 10.5 Å². The van der Waals surface area contributed by atoms with Crippen molar-refractivity contribution >= 4 is 140 Å². The molecule has 0 amide bonds. The summed E-state index contributed by atoms with van der Waals surface area (Å²) in [5, 5.41) is 40.7. The fourth-order valence-electron chi connectivity index (χ4n) is 14.2. The second-order valence-corrected chi connectivity index (χ2v) is 22.7. The molecule has 0 spiro atoms. The first-order valence-corrected chi connectivity index (χ1v) is 28.8. The molecule has 7 heteroatoms. The maximum atomic E-state index is 12.7. The number of hydrogen-bond acceptors (Lipinski definition) is 3. The predicted molar refractivity (Wildman–Crippen MR) is 347 cm³/mol. The van der Waals surface area contributed by atoms with Gasteiger partial charge in [0.1, 0.15) is 12.1 Å². The van der Waals surface area contributed by atoms with Gasteiger partial charge in [-0.25, -0.2) is 0 Å². The van der Waals surface area contributed by atoms with Crippen molar-refractivity contribution in [3.05, 3.63) is 266 Å². The molecule has 0 radical (unpaired) electrons. The summed E-state index contributed by atoms with van der Waals surface area (Å²) in [6.45, 7) is 0. The number of fused-ring (bicyclic) bond motifs is 19. The van der Waals surface area contributed by atoms with Crippen LogP contribution in [0.1, 0.15) is 11.1 Å². The highest BCUT2D eigenvalue weighted by molar-refractivity contribution is 7.26. The van der Waals surface area contributed by atoms with Gasteiger partial charge in [0.05, 0.1) is 82.7 Å². The van der Waals surface area contributed by atoms with E-state index in [1.807, 2.05) is 0 Å². The number of para-hydroxylation sites is 6. The number of aromatic nitrogens is 4. The van der Waals surface area contributed by atoms with E-state index in [-0.39, 0.29) is 11.1 Å². The second-order valence-electron chi connectivity index (χ2n) is 21.7. The van der Waals surface area contributed by atoms with Gasteiger partial charge in [0.15, 0.2) is 0 Å². The molecule has 382 valence electrons. The Balaban J connectivity index is 1.15. The minimum Gasteiger partial charge on any atom is -0.306 e. The third-order valence-corrected chi connectivity index (χ3v) is 18.8. The monoisotopic (exact) mass is 1070 g/mol. The minimum absolute atomic E-state index is 0.268. The van der Waals surface area contributed by atoms with Crippen LogP contribution in [-0.2, 0) is 0 Å². The molecule has 0 saturated heterocycles. The molecule has 5 heterocycles. The van der Waals surface area contributed by atoms with Crippen LogP contribution >= 0.6 is 11.3 Å². The van der Waals surface area contributed by atoms with Crippen molar-refractivity contribution in [3.8, 4) is 46.0 Å². The van der Waals surface area contributed by atoms with Gasteiger partial charge < -0.3 is 18.3 Å². The molecular weight excluding hydrogens is 1030 g/mol. The number of benzene rings is 13. The third-order valence-electron chi connectivity index (χ3n) is 17.6. The number of nitriles is 2. The van der Waals surface area contributed by atoms with Crippen molar-refractivity contribution < 1.29 is 0 Å². The van der Waals surface area contributed by atoms with Gasteiger partial charge in [-0.15, -0.1) is 11.3 Å². The summed E-state index contributed by atoms with van der Waals surface area (Å²) in [6, 6.07) is 96.9. The van der Waals surface area contributed by atoms with E-state index < -0.39 is 0 Å².